The lowest BCUT2D eigenvalue weighted by molar-refractivity contribution is -0.142. The number of methoxy groups -OCH3 is 1. The SMILES string of the molecule is COc1cc(Br)cc(NC(=O)NC(C)(C)C(=O)O)c1. The number of anilines is 1. The molecule has 0 heterocycles. The first-order chi connectivity index (χ1) is 8.74. The number of hydrogen-bond acceptors (Lipinski definition) is 3. The largest absolute Gasteiger partial charge is 0.497 e. The lowest BCUT2D eigenvalue weighted by Gasteiger charge is -2.21. The fourth-order valence-corrected chi connectivity index (χ4v) is 1.72. The Labute approximate surface area is 119 Å². The summed E-state index contributed by atoms with van der Waals surface area (Å²) in [6.07, 6.45) is 0. The minimum absolute atomic E-state index is 0.491. The van der Waals surface area contributed by atoms with Gasteiger partial charge in [-0.2, -0.15) is 0 Å². The number of benzene rings is 1. The summed E-state index contributed by atoms with van der Waals surface area (Å²) in [7, 11) is 1.51. The lowest BCUT2D eigenvalue weighted by atomic mass is 10.1. The molecule has 19 heavy (non-hydrogen) atoms. The second-order valence-corrected chi connectivity index (χ2v) is 5.30. The van der Waals surface area contributed by atoms with E-state index in [2.05, 4.69) is 26.6 Å². The van der Waals surface area contributed by atoms with E-state index in [4.69, 9.17) is 9.84 Å². The van der Waals surface area contributed by atoms with E-state index in [1.165, 1.54) is 21.0 Å². The van der Waals surface area contributed by atoms with Gasteiger partial charge in [0, 0.05) is 16.2 Å². The number of rotatable bonds is 4. The van der Waals surface area contributed by atoms with Crippen LogP contribution in [0.3, 0.4) is 0 Å². The smallest absolute Gasteiger partial charge is 0.328 e. The van der Waals surface area contributed by atoms with Gasteiger partial charge in [-0.3, -0.25) is 0 Å². The van der Waals surface area contributed by atoms with Crippen molar-refractivity contribution >= 4 is 33.6 Å². The van der Waals surface area contributed by atoms with E-state index in [9.17, 15) is 9.59 Å². The van der Waals surface area contributed by atoms with Crippen LogP contribution < -0.4 is 15.4 Å². The van der Waals surface area contributed by atoms with Crippen molar-refractivity contribution in [3.63, 3.8) is 0 Å². The third-order valence-corrected chi connectivity index (χ3v) is 2.78. The maximum absolute atomic E-state index is 11.7. The van der Waals surface area contributed by atoms with Gasteiger partial charge in [0.15, 0.2) is 0 Å². The molecule has 0 aliphatic rings. The van der Waals surface area contributed by atoms with Gasteiger partial charge in [0.1, 0.15) is 11.3 Å². The molecule has 0 saturated heterocycles. The molecule has 0 radical (unpaired) electrons. The quantitative estimate of drug-likeness (QED) is 0.791. The Balaban J connectivity index is 2.77. The first-order valence-electron chi connectivity index (χ1n) is 5.42. The van der Waals surface area contributed by atoms with E-state index >= 15 is 0 Å². The molecule has 0 spiro atoms. The van der Waals surface area contributed by atoms with Crippen LogP contribution in [0, 0.1) is 0 Å². The van der Waals surface area contributed by atoms with E-state index in [1.807, 2.05) is 0 Å². The van der Waals surface area contributed by atoms with Gasteiger partial charge >= 0.3 is 12.0 Å². The summed E-state index contributed by atoms with van der Waals surface area (Å²) in [4.78, 5) is 22.6. The van der Waals surface area contributed by atoms with Crippen LogP contribution in [-0.4, -0.2) is 29.8 Å². The van der Waals surface area contributed by atoms with E-state index in [0.29, 0.717) is 11.4 Å². The molecule has 1 aromatic carbocycles. The predicted molar refractivity (Wildman–Crippen MR) is 74.6 cm³/mol. The molecular weight excluding hydrogens is 316 g/mol. The molecule has 0 unspecified atom stereocenters. The van der Waals surface area contributed by atoms with Crippen molar-refractivity contribution in [1.82, 2.24) is 5.32 Å². The molecule has 7 heteroatoms. The standard InChI is InChI=1S/C12H15BrN2O4/c1-12(2,10(16)17)15-11(18)14-8-4-7(13)5-9(6-8)19-3/h4-6H,1-3H3,(H,16,17)(H2,14,15,18). The van der Waals surface area contributed by atoms with Crippen molar-refractivity contribution in [2.75, 3.05) is 12.4 Å². The first kappa shape index (κ1) is 15.3. The van der Waals surface area contributed by atoms with Crippen molar-refractivity contribution in [2.24, 2.45) is 0 Å². The Morgan fingerprint density at radius 2 is 1.95 bits per heavy atom. The molecule has 6 nitrogen and oxygen atoms in total. The van der Waals surface area contributed by atoms with Crippen LogP contribution in [0.4, 0.5) is 10.5 Å². The van der Waals surface area contributed by atoms with E-state index in [1.54, 1.807) is 18.2 Å². The molecule has 104 valence electrons. The van der Waals surface area contributed by atoms with Crippen LogP contribution in [0.2, 0.25) is 0 Å². The van der Waals surface area contributed by atoms with Crippen molar-refractivity contribution in [2.45, 2.75) is 19.4 Å². The number of carboxylic acids is 1. The van der Waals surface area contributed by atoms with Gasteiger partial charge < -0.3 is 20.5 Å². The maximum atomic E-state index is 11.7. The summed E-state index contributed by atoms with van der Waals surface area (Å²) < 4.78 is 5.80. The normalized spacial score (nSPS) is 10.7. The molecule has 0 fully saturated rings. The molecule has 0 atom stereocenters. The Morgan fingerprint density at radius 3 is 2.47 bits per heavy atom. The second kappa shape index (κ2) is 5.92. The van der Waals surface area contributed by atoms with Gasteiger partial charge in [0.05, 0.1) is 7.11 Å². The molecule has 0 aliphatic heterocycles. The zero-order valence-corrected chi connectivity index (χ0v) is 12.4. The number of ether oxygens (including phenoxy) is 1. The molecular formula is C12H15BrN2O4. The molecule has 0 aromatic heterocycles. The van der Waals surface area contributed by atoms with Gasteiger partial charge in [-0.1, -0.05) is 15.9 Å². The monoisotopic (exact) mass is 330 g/mol. The van der Waals surface area contributed by atoms with Gasteiger partial charge in [-0.15, -0.1) is 0 Å². The number of hydrogen-bond donors (Lipinski definition) is 3. The Kier molecular flexibility index (Phi) is 4.77. The summed E-state index contributed by atoms with van der Waals surface area (Å²) in [6.45, 7) is 2.80. The minimum Gasteiger partial charge on any atom is -0.497 e. The highest BCUT2D eigenvalue weighted by Gasteiger charge is 2.28. The fraction of sp³-hybridized carbons (Fsp3) is 0.333. The van der Waals surface area contributed by atoms with Crippen molar-refractivity contribution < 1.29 is 19.4 Å². The van der Waals surface area contributed by atoms with Crippen LogP contribution >= 0.6 is 15.9 Å². The minimum atomic E-state index is -1.35. The number of aliphatic carboxylic acids is 1. The number of halogens is 1. The second-order valence-electron chi connectivity index (χ2n) is 4.39. The molecule has 1 rings (SSSR count). The lowest BCUT2D eigenvalue weighted by Crippen LogP contribution is -2.51. The average molecular weight is 331 g/mol. The van der Waals surface area contributed by atoms with Crippen molar-refractivity contribution in [3.05, 3.63) is 22.7 Å². The number of urea groups is 1. The predicted octanol–water partition coefficient (Wildman–Crippen LogP) is 2.44. The Morgan fingerprint density at radius 1 is 1.32 bits per heavy atom. The molecule has 0 saturated carbocycles. The first-order valence-corrected chi connectivity index (χ1v) is 6.21. The fourth-order valence-electron chi connectivity index (χ4n) is 1.25. The Bertz CT molecular complexity index is 503. The van der Waals surface area contributed by atoms with Gasteiger partial charge in [-0.25, -0.2) is 9.59 Å². The topological polar surface area (TPSA) is 87.7 Å². The summed E-state index contributed by atoms with van der Waals surface area (Å²) >= 11 is 3.28. The van der Waals surface area contributed by atoms with E-state index in [-0.39, 0.29) is 0 Å². The zero-order chi connectivity index (χ0) is 14.6. The number of amides is 2. The van der Waals surface area contributed by atoms with Gasteiger partial charge in [0.25, 0.3) is 0 Å². The van der Waals surface area contributed by atoms with Crippen LogP contribution in [0.1, 0.15) is 13.8 Å². The highest BCUT2D eigenvalue weighted by Crippen LogP contribution is 2.24. The Hall–Kier alpha value is -1.76. The zero-order valence-electron chi connectivity index (χ0n) is 10.8. The van der Waals surface area contributed by atoms with Crippen LogP contribution in [0.15, 0.2) is 22.7 Å². The van der Waals surface area contributed by atoms with Crippen LogP contribution in [-0.2, 0) is 4.79 Å². The number of carbonyl (C=O) groups excluding carboxylic acids is 1. The van der Waals surface area contributed by atoms with Crippen molar-refractivity contribution in [1.29, 1.82) is 0 Å². The van der Waals surface area contributed by atoms with E-state index < -0.39 is 17.5 Å². The molecule has 0 bridgehead atoms. The van der Waals surface area contributed by atoms with Crippen LogP contribution in [0.25, 0.3) is 0 Å². The number of carboxylic acid groups (broad SMARTS) is 1. The van der Waals surface area contributed by atoms with Crippen LogP contribution in [0.5, 0.6) is 5.75 Å². The number of nitrogens with one attached hydrogen (secondary N) is 2. The van der Waals surface area contributed by atoms with E-state index in [0.717, 1.165) is 4.47 Å². The highest BCUT2D eigenvalue weighted by molar-refractivity contribution is 9.10. The summed E-state index contributed by atoms with van der Waals surface area (Å²) in [5.41, 5.74) is -0.856. The third-order valence-electron chi connectivity index (χ3n) is 2.33. The molecule has 2 amide bonds. The van der Waals surface area contributed by atoms with Crippen molar-refractivity contribution in [3.8, 4) is 5.75 Å². The maximum Gasteiger partial charge on any atom is 0.328 e. The van der Waals surface area contributed by atoms with Gasteiger partial charge in [0.2, 0.25) is 0 Å². The third kappa shape index (κ3) is 4.44. The van der Waals surface area contributed by atoms with Gasteiger partial charge in [-0.05, 0) is 26.0 Å². The summed E-state index contributed by atoms with van der Waals surface area (Å²) in [5.74, 6) is -0.545. The average Bonchev–Trinajstić information content (AvgIpc) is 2.26. The molecule has 1 aromatic rings. The summed E-state index contributed by atoms with van der Waals surface area (Å²) in [6, 6.07) is 4.44. The number of carbonyl (C=O) groups is 2. The molecule has 3 N–H and O–H groups in total. The highest BCUT2D eigenvalue weighted by atomic mass is 79.9. The summed E-state index contributed by atoms with van der Waals surface area (Å²) in [5, 5.41) is 13.8. The molecule has 0 aliphatic carbocycles.